The lowest BCUT2D eigenvalue weighted by atomic mass is 9.82. The highest BCUT2D eigenvalue weighted by atomic mass is 16.5. The van der Waals surface area contributed by atoms with Crippen LogP contribution in [0.2, 0.25) is 0 Å². The zero-order valence-corrected chi connectivity index (χ0v) is 7.09. The van der Waals surface area contributed by atoms with Gasteiger partial charge in [-0.15, -0.1) is 0 Å². The van der Waals surface area contributed by atoms with Crippen molar-refractivity contribution in [2.45, 2.75) is 39.2 Å². The maximum absolute atomic E-state index is 9.44. The molecule has 0 aliphatic carbocycles. The molecule has 1 atom stereocenters. The Hall–Kier alpha value is -0.0800. The van der Waals surface area contributed by atoms with Crippen LogP contribution >= 0.6 is 0 Å². The van der Waals surface area contributed by atoms with Crippen LogP contribution in [0.3, 0.4) is 0 Å². The molecule has 0 aromatic rings. The Bertz CT molecular complexity index is 110. The second kappa shape index (κ2) is 2.51. The minimum Gasteiger partial charge on any atom is -0.313 e. The summed E-state index contributed by atoms with van der Waals surface area (Å²) in [7, 11) is 0. The Morgan fingerprint density at radius 3 is 2.50 bits per heavy atom. The average Bonchev–Trinajstić information content (AvgIpc) is 1.84. The fourth-order valence-electron chi connectivity index (χ4n) is 1.44. The summed E-state index contributed by atoms with van der Waals surface area (Å²) in [5.41, 5.74) is -0.0156. The third-order valence-corrected chi connectivity index (χ3v) is 2.88. The summed E-state index contributed by atoms with van der Waals surface area (Å²) in [6.45, 7) is 7.22. The third kappa shape index (κ3) is 1.18. The van der Waals surface area contributed by atoms with Crippen LogP contribution in [0.1, 0.15) is 33.6 Å². The molecule has 0 saturated carbocycles. The normalized spacial score (nSPS) is 34.2. The predicted molar refractivity (Wildman–Crippen MR) is 41.0 cm³/mol. The summed E-state index contributed by atoms with van der Waals surface area (Å²) in [5.74, 6) is 0.603. The van der Waals surface area contributed by atoms with Crippen molar-refractivity contribution in [3.05, 3.63) is 0 Å². The summed E-state index contributed by atoms with van der Waals surface area (Å²) in [6, 6.07) is 0. The van der Waals surface area contributed by atoms with Crippen molar-refractivity contribution >= 4 is 0 Å². The molecule has 0 aromatic carbocycles. The standard InChI is InChI=1S/C8H17NO/c1-7-5-4-6-9(10)8(7,2)3/h7,10H,4-6H2,1-3H3. The van der Waals surface area contributed by atoms with Crippen molar-refractivity contribution in [2.75, 3.05) is 6.54 Å². The smallest absolute Gasteiger partial charge is 0.0429 e. The van der Waals surface area contributed by atoms with E-state index in [0.29, 0.717) is 5.92 Å². The third-order valence-electron chi connectivity index (χ3n) is 2.88. The van der Waals surface area contributed by atoms with Crippen LogP contribution in [-0.2, 0) is 0 Å². The molecule has 1 aliphatic heterocycles. The lowest BCUT2D eigenvalue weighted by molar-refractivity contribution is -0.195. The Balaban J connectivity index is 2.63. The number of hydroxylamine groups is 2. The van der Waals surface area contributed by atoms with E-state index in [1.165, 1.54) is 11.5 Å². The number of nitrogens with zero attached hydrogens (tertiary/aromatic N) is 1. The van der Waals surface area contributed by atoms with Gasteiger partial charge in [-0.05, 0) is 32.6 Å². The van der Waals surface area contributed by atoms with Crippen LogP contribution in [0.25, 0.3) is 0 Å². The first-order chi connectivity index (χ1) is 4.55. The van der Waals surface area contributed by atoms with Gasteiger partial charge in [0.2, 0.25) is 0 Å². The number of piperidine rings is 1. The van der Waals surface area contributed by atoms with E-state index >= 15 is 0 Å². The van der Waals surface area contributed by atoms with Crippen molar-refractivity contribution < 1.29 is 5.21 Å². The van der Waals surface area contributed by atoms with Crippen molar-refractivity contribution in [2.24, 2.45) is 5.92 Å². The van der Waals surface area contributed by atoms with Crippen molar-refractivity contribution in [1.29, 1.82) is 0 Å². The van der Waals surface area contributed by atoms with Crippen LogP contribution in [0.4, 0.5) is 0 Å². The van der Waals surface area contributed by atoms with Gasteiger partial charge in [0, 0.05) is 12.1 Å². The molecule has 1 fully saturated rings. The molecule has 1 aliphatic rings. The second-order valence-corrected chi connectivity index (χ2v) is 3.82. The molecule has 0 aromatic heterocycles. The van der Waals surface area contributed by atoms with Crippen LogP contribution in [0, 0.1) is 5.92 Å². The summed E-state index contributed by atoms with van der Waals surface area (Å²) >= 11 is 0. The van der Waals surface area contributed by atoms with Gasteiger partial charge in [-0.3, -0.25) is 0 Å². The van der Waals surface area contributed by atoms with E-state index in [4.69, 9.17) is 0 Å². The fraction of sp³-hybridized carbons (Fsp3) is 1.00. The van der Waals surface area contributed by atoms with Gasteiger partial charge >= 0.3 is 0 Å². The number of rotatable bonds is 0. The van der Waals surface area contributed by atoms with Crippen molar-refractivity contribution in [3.63, 3.8) is 0 Å². The SMILES string of the molecule is CC1CCCN(O)C1(C)C. The first-order valence-corrected chi connectivity index (χ1v) is 4.01. The molecule has 0 bridgehead atoms. The molecule has 0 radical (unpaired) electrons. The van der Waals surface area contributed by atoms with E-state index in [2.05, 4.69) is 20.8 Å². The molecule has 1 N–H and O–H groups in total. The minimum atomic E-state index is -0.0156. The van der Waals surface area contributed by atoms with Crippen LogP contribution < -0.4 is 0 Å². The maximum atomic E-state index is 9.44. The van der Waals surface area contributed by atoms with Crippen LogP contribution in [0.15, 0.2) is 0 Å². The van der Waals surface area contributed by atoms with Gasteiger partial charge in [0.1, 0.15) is 0 Å². The quantitative estimate of drug-likeness (QED) is 0.559. The first kappa shape index (κ1) is 8.02. The summed E-state index contributed by atoms with van der Waals surface area (Å²) < 4.78 is 0. The molecular formula is C8H17NO. The lowest BCUT2D eigenvalue weighted by Crippen LogP contribution is -2.50. The lowest BCUT2D eigenvalue weighted by Gasteiger charge is -2.42. The molecule has 1 unspecified atom stereocenters. The highest BCUT2D eigenvalue weighted by molar-refractivity contribution is 4.85. The predicted octanol–water partition coefficient (Wildman–Crippen LogP) is 1.89. The van der Waals surface area contributed by atoms with E-state index in [9.17, 15) is 5.21 Å². The molecular weight excluding hydrogens is 126 g/mol. The van der Waals surface area contributed by atoms with E-state index in [-0.39, 0.29) is 5.54 Å². The van der Waals surface area contributed by atoms with Crippen molar-refractivity contribution in [3.8, 4) is 0 Å². The molecule has 1 rings (SSSR count). The molecule has 2 nitrogen and oxygen atoms in total. The summed E-state index contributed by atoms with van der Waals surface area (Å²) in [6.07, 6.45) is 2.37. The van der Waals surface area contributed by atoms with Gasteiger partial charge < -0.3 is 5.21 Å². The second-order valence-electron chi connectivity index (χ2n) is 3.82. The van der Waals surface area contributed by atoms with Gasteiger partial charge in [-0.2, -0.15) is 5.06 Å². The molecule has 2 heteroatoms. The Kier molecular flexibility index (Phi) is 2.02. The Morgan fingerprint density at radius 2 is 2.10 bits per heavy atom. The Morgan fingerprint density at radius 1 is 1.50 bits per heavy atom. The molecule has 1 heterocycles. The largest absolute Gasteiger partial charge is 0.313 e. The van der Waals surface area contributed by atoms with Crippen molar-refractivity contribution in [1.82, 2.24) is 5.06 Å². The van der Waals surface area contributed by atoms with Gasteiger partial charge in [0.25, 0.3) is 0 Å². The average molecular weight is 143 g/mol. The first-order valence-electron chi connectivity index (χ1n) is 4.01. The highest BCUT2D eigenvalue weighted by Crippen LogP contribution is 2.30. The molecule has 60 valence electrons. The summed E-state index contributed by atoms with van der Waals surface area (Å²) in [4.78, 5) is 0. The van der Waals surface area contributed by atoms with E-state index in [1.54, 1.807) is 0 Å². The molecule has 0 spiro atoms. The maximum Gasteiger partial charge on any atom is 0.0429 e. The highest BCUT2D eigenvalue weighted by Gasteiger charge is 2.34. The van der Waals surface area contributed by atoms with E-state index in [0.717, 1.165) is 13.0 Å². The Labute approximate surface area is 62.8 Å². The zero-order valence-electron chi connectivity index (χ0n) is 7.09. The van der Waals surface area contributed by atoms with Gasteiger partial charge in [0.05, 0.1) is 0 Å². The minimum absolute atomic E-state index is 0.0156. The molecule has 10 heavy (non-hydrogen) atoms. The number of hydrogen-bond donors (Lipinski definition) is 1. The van der Waals surface area contributed by atoms with Gasteiger partial charge in [0.15, 0.2) is 0 Å². The topological polar surface area (TPSA) is 23.5 Å². The molecule has 1 saturated heterocycles. The van der Waals surface area contributed by atoms with Crippen LogP contribution in [0.5, 0.6) is 0 Å². The van der Waals surface area contributed by atoms with Gasteiger partial charge in [-0.1, -0.05) is 6.92 Å². The monoisotopic (exact) mass is 143 g/mol. The fourth-order valence-corrected chi connectivity index (χ4v) is 1.44. The van der Waals surface area contributed by atoms with E-state index < -0.39 is 0 Å². The molecule has 0 amide bonds. The van der Waals surface area contributed by atoms with E-state index in [1.807, 2.05) is 0 Å². The summed E-state index contributed by atoms with van der Waals surface area (Å²) in [5, 5.41) is 10.9. The zero-order chi connectivity index (χ0) is 7.78. The number of hydrogen-bond acceptors (Lipinski definition) is 2. The van der Waals surface area contributed by atoms with Gasteiger partial charge in [-0.25, -0.2) is 0 Å². The van der Waals surface area contributed by atoms with Crippen LogP contribution in [-0.4, -0.2) is 22.4 Å².